The first-order chi connectivity index (χ1) is 21.6. The quantitative estimate of drug-likeness (QED) is 0.157. The van der Waals surface area contributed by atoms with Crippen LogP contribution in [-0.2, 0) is 22.8 Å². The molecule has 0 aliphatic heterocycles. The highest BCUT2D eigenvalue weighted by atomic mass is 28.4. The molecule has 3 fully saturated rings. The maximum absolute atomic E-state index is 13.1. The van der Waals surface area contributed by atoms with E-state index in [1.165, 1.54) is 37.7 Å². The molecule has 0 heterocycles. The SMILES string of the molecule is C[C@@H](COC(=O)C(C)(C)O[Si](C)(C)C)[C@H]1CCC2C(=CC=C3C[C@@H](O[Si](C)(C)C(C)(C)C)C[C@H](O[Si](C)(C)C(C)(C)C)C3)CCC[C@@]21C. The molecule has 3 saturated carbocycles. The van der Waals surface area contributed by atoms with E-state index in [9.17, 15) is 4.79 Å². The molecule has 0 aromatic heterocycles. The topological polar surface area (TPSA) is 54.0 Å². The summed E-state index contributed by atoms with van der Waals surface area (Å²) in [5, 5.41) is 0.371. The zero-order valence-corrected chi connectivity index (χ0v) is 37.4. The third-order valence-electron chi connectivity index (χ3n) is 12.8. The van der Waals surface area contributed by atoms with Crippen molar-refractivity contribution in [1.82, 2.24) is 0 Å². The summed E-state index contributed by atoms with van der Waals surface area (Å²) in [6, 6.07) is 0. The number of carbonyl (C=O) groups excluding carboxylic acids is 1. The van der Waals surface area contributed by atoms with Gasteiger partial charge in [0.15, 0.2) is 25.0 Å². The van der Waals surface area contributed by atoms with Gasteiger partial charge < -0.3 is 18.0 Å². The summed E-state index contributed by atoms with van der Waals surface area (Å²) >= 11 is 0. The van der Waals surface area contributed by atoms with Crippen molar-refractivity contribution in [3.05, 3.63) is 23.3 Å². The van der Waals surface area contributed by atoms with Gasteiger partial charge in [0.05, 0.1) is 18.8 Å². The highest BCUT2D eigenvalue weighted by Gasteiger charge is 2.51. The Morgan fingerprint density at radius 2 is 1.38 bits per heavy atom. The van der Waals surface area contributed by atoms with Crippen LogP contribution in [0.4, 0.5) is 0 Å². The Hall–Kier alpha value is -0.519. The van der Waals surface area contributed by atoms with Gasteiger partial charge in [-0.3, -0.25) is 0 Å². The number of hydrogen-bond donors (Lipinski definition) is 0. The van der Waals surface area contributed by atoms with Crippen LogP contribution in [0, 0.1) is 23.2 Å². The number of fused-ring (bicyclic) bond motifs is 1. The summed E-state index contributed by atoms with van der Waals surface area (Å²) in [4.78, 5) is 13.1. The van der Waals surface area contributed by atoms with Crippen LogP contribution in [-0.4, -0.2) is 55.3 Å². The monoisotopic (exact) mass is 721 g/mol. The average molecular weight is 721 g/mol. The third-order valence-corrected chi connectivity index (χ3v) is 23.0. The van der Waals surface area contributed by atoms with E-state index in [0.29, 0.717) is 24.4 Å². The van der Waals surface area contributed by atoms with Gasteiger partial charge in [0.25, 0.3) is 0 Å². The van der Waals surface area contributed by atoms with Crippen LogP contribution < -0.4 is 0 Å². The summed E-state index contributed by atoms with van der Waals surface area (Å²) in [7, 11) is -5.68. The van der Waals surface area contributed by atoms with Crippen molar-refractivity contribution >= 4 is 30.9 Å². The van der Waals surface area contributed by atoms with Gasteiger partial charge in [-0.25, -0.2) is 4.79 Å². The van der Waals surface area contributed by atoms with Crippen LogP contribution in [0.1, 0.15) is 121 Å². The molecule has 0 saturated heterocycles. The van der Waals surface area contributed by atoms with Gasteiger partial charge in [-0.05, 0) is 144 Å². The minimum Gasteiger partial charge on any atom is -0.463 e. The smallest absolute Gasteiger partial charge is 0.336 e. The Bertz CT molecular complexity index is 1140. The van der Waals surface area contributed by atoms with Gasteiger partial charge in [0.1, 0.15) is 5.60 Å². The molecule has 0 amide bonds. The second-order valence-electron chi connectivity index (χ2n) is 20.6. The second kappa shape index (κ2) is 14.8. The molecule has 1 unspecified atom stereocenters. The molecule has 0 radical (unpaired) electrons. The average Bonchev–Trinajstić information content (AvgIpc) is 3.24. The molecule has 3 aliphatic rings. The lowest BCUT2D eigenvalue weighted by Gasteiger charge is -2.45. The van der Waals surface area contributed by atoms with Crippen molar-refractivity contribution in [1.29, 1.82) is 0 Å². The molecular formula is C40H76O5Si3. The van der Waals surface area contributed by atoms with Crippen molar-refractivity contribution in [2.24, 2.45) is 23.2 Å². The predicted molar refractivity (Wildman–Crippen MR) is 211 cm³/mol. The zero-order chi connectivity index (χ0) is 36.7. The molecular weight excluding hydrogens is 645 g/mol. The fourth-order valence-corrected chi connectivity index (χ4v) is 12.7. The lowest BCUT2D eigenvalue weighted by atomic mass is 9.61. The molecule has 278 valence electrons. The van der Waals surface area contributed by atoms with E-state index in [2.05, 4.69) is 113 Å². The van der Waals surface area contributed by atoms with Crippen LogP contribution in [0.3, 0.4) is 0 Å². The van der Waals surface area contributed by atoms with Gasteiger partial charge in [-0.15, -0.1) is 0 Å². The molecule has 0 N–H and O–H groups in total. The van der Waals surface area contributed by atoms with Crippen molar-refractivity contribution in [3.63, 3.8) is 0 Å². The molecule has 0 spiro atoms. The summed E-state index contributed by atoms with van der Waals surface area (Å²) in [6.45, 7) is 39.0. The summed E-state index contributed by atoms with van der Waals surface area (Å²) in [5.41, 5.74) is 2.46. The molecule has 6 atom stereocenters. The first-order valence-corrected chi connectivity index (χ1v) is 28.4. The number of allylic oxidation sites excluding steroid dienone is 3. The number of hydrogen-bond acceptors (Lipinski definition) is 5. The van der Waals surface area contributed by atoms with Crippen LogP contribution >= 0.6 is 0 Å². The Labute approximate surface area is 300 Å². The number of rotatable bonds is 11. The molecule has 48 heavy (non-hydrogen) atoms. The first kappa shape index (κ1) is 41.9. The Morgan fingerprint density at radius 1 is 0.854 bits per heavy atom. The van der Waals surface area contributed by atoms with E-state index in [0.717, 1.165) is 19.3 Å². The molecule has 0 bridgehead atoms. The van der Waals surface area contributed by atoms with Crippen LogP contribution in [0.15, 0.2) is 23.3 Å². The highest BCUT2D eigenvalue weighted by molar-refractivity contribution is 6.74. The van der Waals surface area contributed by atoms with E-state index in [1.54, 1.807) is 5.57 Å². The van der Waals surface area contributed by atoms with Crippen molar-refractivity contribution in [2.75, 3.05) is 6.61 Å². The summed E-state index contributed by atoms with van der Waals surface area (Å²) in [6.07, 6.45) is 14.6. The van der Waals surface area contributed by atoms with Gasteiger partial charge in [0.2, 0.25) is 0 Å². The van der Waals surface area contributed by atoms with Crippen LogP contribution in [0.2, 0.25) is 55.9 Å². The number of ether oxygens (including phenoxy) is 1. The summed E-state index contributed by atoms with van der Waals surface area (Å²) < 4.78 is 26.3. The number of carbonyl (C=O) groups is 1. The zero-order valence-electron chi connectivity index (χ0n) is 34.4. The van der Waals surface area contributed by atoms with Gasteiger partial charge >= 0.3 is 5.97 Å². The van der Waals surface area contributed by atoms with E-state index < -0.39 is 30.6 Å². The van der Waals surface area contributed by atoms with Crippen molar-refractivity contribution in [3.8, 4) is 0 Å². The molecule has 8 heteroatoms. The Balaban J connectivity index is 1.79. The lowest BCUT2D eigenvalue weighted by molar-refractivity contribution is -0.162. The maximum atomic E-state index is 13.1. The highest BCUT2D eigenvalue weighted by Crippen LogP contribution is 2.59. The van der Waals surface area contributed by atoms with Crippen LogP contribution in [0.25, 0.3) is 0 Å². The Morgan fingerprint density at radius 3 is 1.85 bits per heavy atom. The molecule has 3 rings (SSSR count). The first-order valence-electron chi connectivity index (χ1n) is 19.2. The molecule has 0 aromatic rings. The molecule has 5 nitrogen and oxygen atoms in total. The van der Waals surface area contributed by atoms with E-state index in [1.807, 2.05) is 13.8 Å². The second-order valence-corrected chi connectivity index (χ2v) is 34.5. The van der Waals surface area contributed by atoms with Gasteiger partial charge in [-0.1, -0.05) is 78.7 Å². The maximum Gasteiger partial charge on any atom is 0.336 e. The van der Waals surface area contributed by atoms with E-state index >= 15 is 0 Å². The van der Waals surface area contributed by atoms with E-state index in [4.69, 9.17) is 18.0 Å². The normalized spacial score (nSPS) is 29.5. The molecule has 3 aliphatic carbocycles. The Kier molecular flexibility index (Phi) is 13.0. The minimum atomic E-state index is -1.91. The largest absolute Gasteiger partial charge is 0.463 e. The van der Waals surface area contributed by atoms with Crippen molar-refractivity contribution in [2.45, 2.75) is 194 Å². The summed E-state index contributed by atoms with van der Waals surface area (Å²) in [5.74, 6) is 1.24. The van der Waals surface area contributed by atoms with E-state index in [-0.39, 0.29) is 33.7 Å². The van der Waals surface area contributed by atoms with Crippen LogP contribution in [0.5, 0.6) is 0 Å². The van der Waals surface area contributed by atoms with Gasteiger partial charge in [0, 0.05) is 0 Å². The lowest BCUT2D eigenvalue weighted by Crippen LogP contribution is -2.48. The molecule has 0 aromatic carbocycles. The predicted octanol–water partition coefficient (Wildman–Crippen LogP) is 11.8. The fraction of sp³-hybridized carbons (Fsp3) is 0.875. The number of esters is 1. The van der Waals surface area contributed by atoms with Crippen molar-refractivity contribution < 1.29 is 22.8 Å². The standard InChI is InChI=1S/C40H76O5Si3/c1-29(28-42-36(41)39(8,9)45-46(11,12)13)34-22-23-35-31(19-18-24-40(34,35)10)21-20-30-25-32(43-47(14,15)37(2,3)4)27-33(26-30)44-48(16,17)38(5,6)7/h20-21,29,32-35H,18-19,22-28H2,1-17H3/t29-,32+,33+,34+,35?,40+/m0/s1. The van der Waals surface area contributed by atoms with Gasteiger partial charge in [-0.2, -0.15) is 0 Å². The third kappa shape index (κ3) is 10.3. The minimum absolute atomic E-state index is 0.186. The fourth-order valence-electron chi connectivity index (χ4n) is 8.37.